The van der Waals surface area contributed by atoms with E-state index in [9.17, 15) is 9.59 Å². The van der Waals surface area contributed by atoms with Crippen molar-refractivity contribution in [2.75, 3.05) is 40.5 Å². The zero-order valence-corrected chi connectivity index (χ0v) is 12.6. The van der Waals surface area contributed by atoms with Gasteiger partial charge in [-0.05, 0) is 12.8 Å². The number of nitrogens with zero attached hydrogens (tertiary/aromatic N) is 1. The highest BCUT2D eigenvalue weighted by atomic mass is 16.5. The first-order valence-corrected chi connectivity index (χ1v) is 6.80. The molecule has 20 heavy (non-hydrogen) atoms. The minimum absolute atomic E-state index is 0.0710. The van der Waals surface area contributed by atoms with Gasteiger partial charge in [0.15, 0.2) is 0 Å². The number of urea groups is 1. The maximum atomic E-state index is 12.1. The molecule has 2 amide bonds. The molecule has 0 aromatic rings. The van der Waals surface area contributed by atoms with E-state index in [1.807, 2.05) is 6.92 Å². The number of methoxy groups -OCH3 is 2. The molecule has 0 aromatic heterocycles. The lowest BCUT2D eigenvalue weighted by Gasteiger charge is -2.25. The molecule has 0 aromatic carbocycles. The van der Waals surface area contributed by atoms with Crippen molar-refractivity contribution in [2.45, 2.75) is 32.2 Å². The van der Waals surface area contributed by atoms with Gasteiger partial charge < -0.3 is 24.8 Å². The van der Waals surface area contributed by atoms with Crippen molar-refractivity contribution in [3.8, 4) is 0 Å². The van der Waals surface area contributed by atoms with Gasteiger partial charge in [0.1, 0.15) is 0 Å². The van der Waals surface area contributed by atoms with Crippen LogP contribution in [-0.4, -0.2) is 68.6 Å². The standard InChI is InChI=1S/C13H26N2O5/c1-4-11(10-12(16)17)14-13(18)15(7-9-20-3)6-5-8-19-2/h11H,4-10H2,1-3H3,(H,14,18)(H,16,17). The second kappa shape index (κ2) is 11.5. The summed E-state index contributed by atoms with van der Waals surface area (Å²) in [5.41, 5.74) is 0. The van der Waals surface area contributed by atoms with Crippen molar-refractivity contribution < 1.29 is 24.2 Å². The summed E-state index contributed by atoms with van der Waals surface area (Å²) in [5, 5.41) is 11.5. The third-order valence-electron chi connectivity index (χ3n) is 2.87. The van der Waals surface area contributed by atoms with Crippen molar-refractivity contribution >= 4 is 12.0 Å². The molecule has 7 heteroatoms. The number of carboxylic acid groups (broad SMARTS) is 1. The average molecular weight is 290 g/mol. The van der Waals surface area contributed by atoms with Crippen LogP contribution in [0.4, 0.5) is 4.79 Å². The Morgan fingerprint density at radius 2 is 1.85 bits per heavy atom. The van der Waals surface area contributed by atoms with Gasteiger partial charge >= 0.3 is 12.0 Å². The fourth-order valence-corrected chi connectivity index (χ4v) is 1.69. The minimum atomic E-state index is -0.917. The van der Waals surface area contributed by atoms with Gasteiger partial charge in [-0.2, -0.15) is 0 Å². The summed E-state index contributed by atoms with van der Waals surface area (Å²) in [6, 6.07) is -0.612. The van der Waals surface area contributed by atoms with Crippen LogP contribution in [0.2, 0.25) is 0 Å². The molecule has 118 valence electrons. The quantitative estimate of drug-likeness (QED) is 0.553. The van der Waals surface area contributed by atoms with Gasteiger partial charge in [0, 0.05) is 40.0 Å². The summed E-state index contributed by atoms with van der Waals surface area (Å²) in [6.07, 6.45) is 1.23. The lowest BCUT2D eigenvalue weighted by Crippen LogP contribution is -2.47. The Morgan fingerprint density at radius 3 is 2.35 bits per heavy atom. The topological polar surface area (TPSA) is 88.1 Å². The number of aliphatic carboxylic acids is 1. The van der Waals surface area contributed by atoms with E-state index in [1.165, 1.54) is 0 Å². The van der Waals surface area contributed by atoms with Crippen LogP contribution in [0.5, 0.6) is 0 Å². The van der Waals surface area contributed by atoms with Crippen molar-refractivity contribution in [3.63, 3.8) is 0 Å². The fourth-order valence-electron chi connectivity index (χ4n) is 1.69. The van der Waals surface area contributed by atoms with Gasteiger partial charge in [-0.25, -0.2) is 4.79 Å². The summed E-state index contributed by atoms with van der Waals surface area (Å²) < 4.78 is 9.94. The van der Waals surface area contributed by atoms with Gasteiger partial charge in [0.05, 0.1) is 13.0 Å². The predicted molar refractivity (Wildman–Crippen MR) is 74.8 cm³/mol. The van der Waals surface area contributed by atoms with Crippen LogP contribution in [0, 0.1) is 0 Å². The molecule has 0 bridgehead atoms. The normalized spacial score (nSPS) is 11.9. The number of carboxylic acids is 1. The number of hydrogen-bond donors (Lipinski definition) is 2. The molecule has 0 heterocycles. The number of hydrogen-bond acceptors (Lipinski definition) is 4. The summed E-state index contributed by atoms with van der Waals surface area (Å²) in [5.74, 6) is -0.917. The Labute approximate surface area is 120 Å². The van der Waals surface area contributed by atoms with Crippen LogP contribution in [0.1, 0.15) is 26.2 Å². The molecule has 7 nitrogen and oxygen atoms in total. The van der Waals surface area contributed by atoms with E-state index in [1.54, 1.807) is 19.1 Å². The summed E-state index contributed by atoms with van der Waals surface area (Å²) >= 11 is 0. The van der Waals surface area contributed by atoms with E-state index in [-0.39, 0.29) is 18.5 Å². The number of rotatable bonds is 11. The maximum Gasteiger partial charge on any atom is 0.317 e. The first-order chi connectivity index (χ1) is 9.54. The van der Waals surface area contributed by atoms with Gasteiger partial charge in [-0.1, -0.05) is 6.92 Å². The third-order valence-corrected chi connectivity index (χ3v) is 2.87. The zero-order valence-electron chi connectivity index (χ0n) is 12.6. The summed E-state index contributed by atoms with van der Waals surface area (Å²) in [6.45, 7) is 3.87. The lowest BCUT2D eigenvalue weighted by molar-refractivity contribution is -0.137. The molecule has 0 saturated heterocycles. The molecule has 0 spiro atoms. The highest BCUT2D eigenvalue weighted by Crippen LogP contribution is 2.01. The molecule has 0 fully saturated rings. The van der Waals surface area contributed by atoms with E-state index < -0.39 is 5.97 Å². The zero-order chi connectivity index (χ0) is 15.4. The smallest absolute Gasteiger partial charge is 0.317 e. The van der Waals surface area contributed by atoms with E-state index in [2.05, 4.69) is 5.32 Å². The lowest BCUT2D eigenvalue weighted by atomic mass is 10.1. The minimum Gasteiger partial charge on any atom is -0.481 e. The molecule has 1 atom stereocenters. The highest BCUT2D eigenvalue weighted by Gasteiger charge is 2.18. The second-order valence-corrected chi connectivity index (χ2v) is 4.48. The van der Waals surface area contributed by atoms with Crippen molar-refractivity contribution in [1.82, 2.24) is 10.2 Å². The molecule has 0 aliphatic rings. The Kier molecular flexibility index (Phi) is 10.7. The molecule has 1 unspecified atom stereocenters. The fraction of sp³-hybridized carbons (Fsp3) is 0.846. The summed E-state index contributed by atoms with van der Waals surface area (Å²) in [7, 11) is 3.18. The van der Waals surface area contributed by atoms with Crippen molar-refractivity contribution in [2.24, 2.45) is 0 Å². The maximum absolute atomic E-state index is 12.1. The predicted octanol–water partition coefficient (Wildman–Crippen LogP) is 0.934. The first-order valence-electron chi connectivity index (χ1n) is 6.80. The van der Waals surface area contributed by atoms with E-state index in [0.29, 0.717) is 32.7 Å². The number of ether oxygens (including phenoxy) is 2. The molecule has 2 N–H and O–H groups in total. The molecular weight excluding hydrogens is 264 g/mol. The molecule has 0 radical (unpaired) electrons. The van der Waals surface area contributed by atoms with Crippen molar-refractivity contribution in [1.29, 1.82) is 0 Å². The second-order valence-electron chi connectivity index (χ2n) is 4.48. The SMILES string of the molecule is CCC(CC(=O)O)NC(=O)N(CCCOC)CCOC. The van der Waals surface area contributed by atoms with Crippen LogP contribution in [0.3, 0.4) is 0 Å². The van der Waals surface area contributed by atoms with Gasteiger partial charge in [0.2, 0.25) is 0 Å². The van der Waals surface area contributed by atoms with Gasteiger partial charge in [0.25, 0.3) is 0 Å². The van der Waals surface area contributed by atoms with E-state index in [0.717, 1.165) is 6.42 Å². The van der Waals surface area contributed by atoms with Crippen LogP contribution >= 0.6 is 0 Å². The molecular formula is C13H26N2O5. The van der Waals surface area contributed by atoms with Gasteiger partial charge in [-0.3, -0.25) is 4.79 Å². The first kappa shape index (κ1) is 18.7. The number of nitrogens with one attached hydrogen (secondary N) is 1. The molecule has 0 rings (SSSR count). The third kappa shape index (κ3) is 8.71. The van der Waals surface area contributed by atoms with E-state index in [4.69, 9.17) is 14.6 Å². The monoisotopic (exact) mass is 290 g/mol. The highest BCUT2D eigenvalue weighted by molar-refractivity contribution is 5.75. The largest absolute Gasteiger partial charge is 0.481 e. The number of carbonyl (C=O) groups excluding carboxylic acids is 1. The van der Waals surface area contributed by atoms with Crippen LogP contribution in [0.15, 0.2) is 0 Å². The molecule has 0 aliphatic heterocycles. The number of amides is 2. The van der Waals surface area contributed by atoms with Crippen LogP contribution in [0.25, 0.3) is 0 Å². The van der Waals surface area contributed by atoms with Crippen molar-refractivity contribution in [3.05, 3.63) is 0 Å². The average Bonchev–Trinajstić information content (AvgIpc) is 2.41. The Balaban J connectivity index is 4.37. The van der Waals surface area contributed by atoms with Crippen LogP contribution in [-0.2, 0) is 14.3 Å². The van der Waals surface area contributed by atoms with E-state index >= 15 is 0 Å². The number of carbonyl (C=O) groups is 2. The van der Waals surface area contributed by atoms with Crippen LogP contribution < -0.4 is 5.32 Å². The molecule has 0 saturated carbocycles. The molecule has 0 aliphatic carbocycles. The Bertz CT molecular complexity index is 286. The Morgan fingerprint density at radius 1 is 1.20 bits per heavy atom. The van der Waals surface area contributed by atoms with Gasteiger partial charge in [-0.15, -0.1) is 0 Å². The Hall–Kier alpha value is -1.34. The summed E-state index contributed by atoms with van der Waals surface area (Å²) in [4.78, 5) is 24.4.